The minimum Gasteiger partial charge on any atom is -0.383 e. The van der Waals surface area contributed by atoms with E-state index in [1.165, 1.54) is 25.0 Å². The third-order valence-corrected chi connectivity index (χ3v) is 3.12. The Morgan fingerprint density at radius 1 is 1.44 bits per heavy atom. The van der Waals surface area contributed by atoms with Crippen LogP contribution in [-0.2, 0) is 11.3 Å². The summed E-state index contributed by atoms with van der Waals surface area (Å²) in [6.07, 6.45) is 2.40. The van der Waals surface area contributed by atoms with Gasteiger partial charge < -0.3 is 4.74 Å². The highest BCUT2D eigenvalue weighted by molar-refractivity contribution is 5.33. The summed E-state index contributed by atoms with van der Waals surface area (Å²) >= 11 is 0. The van der Waals surface area contributed by atoms with Crippen molar-refractivity contribution in [2.45, 2.75) is 25.4 Å². The van der Waals surface area contributed by atoms with Crippen LogP contribution < -0.4 is 0 Å². The van der Waals surface area contributed by atoms with Crippen molar-refractivity contribution in [2.75, 3.05) is 20.3 Å². The number of halogens is 1. The van der Waals surface area contributed by atoms with Crippen molar-refractivity contribution in [3.8, 4) is 6.07 Å². The Bertz CT molecular complexity index is 452. The van der Waals surface area contributed by atoms with Gasteiger partial charge in [0.1, 0.15) is 5.82 Å². The van der Waals surface area contributed by atoms with Gasteiger partial charge in [-0.25, -0.2) is 4.39 Å². The number of hydrogen-bond acceptors (Lipinski definition) is 3. The van der Waals surface area contributed by atoms with E-state index >= 15 is 0 Å². The Labute approximate surface area is 107 Å². The lowest BCUT2D eigenvalue weighted by Crippen LogP contribution is -2.29. The Kier molecular flexibility index (Phi) is 4.29. The van der Waals surface area contributed by atoms with E-state index in [0.717, 1.165) is 12.1 Å². The van der Waals surface area contributed by atoms with Crippen molar-refractivity contribution in [1.82, 2.24) is 4.90 Å². The van der Waals surface area contributed by atoms with Crippen molar-refractivity contribution in [1.29, 1.82) is 5.26 Å². The molecule has 1 saturated carbocycles. The standard InChI is InChI=1S/C14H17FN2O/c1-18-5-4-17(14-2-3-14)10-12-6-11(9-16)7-13(15)8-12/h6-8,14H,2-5,10H2,1H3. The summed E-state index contributed by atoms with van der Waals surface area (Å²) in [4.78, 5) is 2.29. The summed E-state index contributed by atoms with van der Waals surface area (Å²) in [5.41, 5.74) is 1.24. The Morgan fingerprint density at radius 3 is 2.83 bits per heavy atom. The molecule has 0 N–H and O–H groups in total. The molecule has 96 valence electrons. The van der Waals surface area contributed by atoms with Gasteiger partial charge in [-0.3, -0.25) is 4.90 Å². The number of benzene rings is 1. The molecule has 0 atom stereocenters. The quantitative estimate of drug-likeness (QED) is 0.775. The van der Waals surface area contributed by atoms with E-state index in [9.17, 15) is 4.39 Å². The topological polar surface area (TPSA) is 36.3 Å². The normalized spacial score (nSPS) is 14.8. The third-order valence-electron chi connectivity index (χ3n) is 3.12. The third kappa shape index (κ3) is 3.52. The van der Waals surface area contributed by atoms with Crippen LogP contribution in [0.15, 0.2) is 18.2 Å². The molecule has 4 heteroatoms. The molecule has 0 radical (unpaired) electrons. The van der Waals surface area contributed by atoms with Gasteiger partial charge in [-0.1, -0.05) is 0 Å². The first-order valence-corrected chi connectivity index (χ1v) is 6.15. The fraction of sp³-hybridized carbons (Fsp3) is 0.500. The second kappa shape index (κ2) is 5.94. The largest absolute Gasteiger partial charge is 0.383 e. The summed E-state index contributed by atoms with van der Waals surface area (Å²) < 4.78 is 18.4. The van der Waals surface area contributed by atoms with E-state index in [4.69, 9.17) is 10.00 Å². The van der Waals surface area contributed by atoms with E-state index in [-0.39, 0.29) is 5.82 Å². The van der Waals surface area contributed by atoms with Gasteiger partial charge in [-0.15, -0.1) is 0 Å². The minimum absolute atomic E-state index is 0.341. The molecular weight excluding hydrogens is 231 g/mol. The number of methoxy groups -OCH3 is 1. The van der Waals surface area contributed by atoms with Gasteiger partial charge in [0.05, 0.1) is 18.2 Å². The van der Waals surface area contributed by atoms with Crippen LogP contribution in [0.3, 0.4) is 0 Å². The van der Waals surface area contributed by atoms with E-state index in [1.54, 1.807) is 13.2 Å². The molecule has 0 saturated heterocycles. The molecule has 1 fully saturated rings. The molecule has 1 aliphatic rings. The first kappa shape index (κ1) is 13.0. The number of hydrogen-bond donors (Lipinski definition) is 0. The summed E-state index contributed by atoms with van der Waals surface area (Å²) in [6, 6.07) is 7.10. The van der Waals surface area contributed by atoms with Crippen LogP contribution in [0.4, 0.5) is 4.39 Å². The summed E-state index contributed by atoms with van der Waals surface area (Å²) in [5.74, 6) is -0.341. The first-order chi connectivity index (χ1) is 8.72. The predicted molar refractivity (Wildman–Crippen MR) is 66.4 cm³/mol. The maximum atomic E-state index is 13.3. The minimum atomic E-state index is -0.341. The monoisotopic (exact) mass is 248 g/mol. The van der Waals surface area contributed by atoms with Crippen LogP contribution in [-0.4, -0.2) is 31.2 Å². The molecule has 1 aromatic carbocycles. The van der Waals surface area contributed by atoms with Crippen LogP contribution in [0.5, 0.6) is 0 Å². The molecular formula is C14H17FN2O. The zero-order valence-corrected chi connectivity index (χ0v) is 10.5. The molecule has 0 bridgehead atoms. The van der Waals surface area contributed by atoms with Gasteiger partial charge in [0.25, 0.3) is 0 Å². The van der Waals surface area contributed by atoms with Crippen molar-refractivity contribution in [3.05, 3.63) is 35.1 Å². The van der Waals surface area contributed by atoms with Gasteiger partial charge in [0, 0.05) is 26.2 Å². The van der Waals surface area contributed by atoms with E-state index in [2.05, 4.69) is 4.90 Å². The van der Waals surface area contributed by atoms with Crippen LogP contribution in [0.25, 0.3) is 0 Å². The molecule has 0 aromatic heterocycles. The van der Waals surface area contributed by atoms with Gasteiger partial charge in [-0.2, -0.15) is 5.26 Å². The lowest BCUT2D eigenvalue weighted by atomic mass is 10.1. The maximum Gasteiger partial charge on any atom is 0.124 e. The molecule has 1 aliphatic carbocycles. The van der Waals surface area contributed by atoms with Crippen molar-refractivity contribution < 1.29 is 9.13 Å². The lowest BCUT2D eigenvalue weighted by molar-refractivity contribution is 0.139. The lowest BCUT2D eigenvalue weighted by Gasteiger charge is -2.21. The molecule has 2 rings (SSSR count). The van der Waals surface area contributed by atoms with Crippen LogP contribution in [0, 0.1) is 17.1 Å². The zero-order chi connectivity index (χ0) is 13.0. The number of nitrogens with zero attached hydrogens (tertiary/aromatic N) is 2. The van der Waals surface area contributed by atoms with Crippen molar-refractivity contribution in [2.24, 2.45) is 0 Å². The fourth-order valence-electron chi connectivity index (χ4n) is 2.08. The van der Waals surface area contributed by atoms with Crippen LogP contribution >= 0.6 is 0 Å². The smallest absolute Gasteiger partial charge is 0.124 e. The number of ether oxygens (including phenoxy) is 1. The van der Waals surface area contributed by atoms with Crippen LogP contribution in [0.1, 0.15) is 24.0 Å². The van der Waals surface area contributed by atoms with Gasteiger partial charge >= 0.3 is 0 Å². The molecule has 0 aliphatic heterocycles. The number of nitriles is 1. The van der Waals surface area contributed by atoms with Crippen molar-refractivity contribution >= 4 is 0 Å². The summed E-state index contributed by atoms with van der Waals surface area (Å²) in [6.45, 7) is 2.21. The zero-order valence-electron chi connectivity index (χ0n) is 10.5. The molecule has 1 aromatic rings. The second-order valence-corrected chi connectivity index (χ2v) is 4.65. The molecule has 0 heterocycles. The SMILES string of the molecule is COCCN(Cc1cc(F)cc(C#N)c1)C1CC1. The summed E-state index contributed by atoms with van der Waals surface area (Å²) in [7, 11) is 1.68. The van der Waals surface area contributed by atoms with Gasteiger partial charge in [0.2, 0.25) is 0 Å². The number of rotatable bonds is 6. The molecule has 0 amide bonds. The highest BCUT2D eigenvalue weighted by Crippen LogP contribution is 2.28. The average Bonchev–Trinajstić information content (AvgIpc) is 3.18. The second-order valence-electron chi connectivity index (χ2n) is 4.65. The molecule has 18 heavy (non-hydrogen) atoms. The highest BCUT2D eigenvalue weighted by atomic mass is 19.1. The van der Waals surface area contributed by atoms with E-state index in [0.29, 0.717) is 24.8 Å². The molecule has 0 spiro atoms. The Morgan fingerprint density at radius 2 is 2.22 bits per heavy atom. The highest BCUT2D eigenvalue weighted by Gasteiger charge is 2.28. The van der Waals surface area contributed by atoms with Gasteiger partial charge in [0.15, 0.2) is 0 Å². The predicted octanol–water partition coefficient (Wildman–Crippen LogP) is 2.31. The first-order valence-electron chi connectivity index (χ1n) is 6.15. The fourth-order valence-corrected chi connectivity index (χ4v) is 2.08. The molecule has 0 unspecified atom stereocenters. The summed E-state index contributed by atoms with van der Waals surface area (Å²) in [5, 5.41) is 8.83. The average molecular weight is 248 g/mol. The van der Waals surface area contributed by atoms with E-state index < -0.39 is 0 Å². The molecule has 3 nitrogen and oxygen atoms in total. The van der Waals surface area contributed by atoms with E-state index in [1.807, 2.05) is 6.07 Å². The maximum absolute atomic E-state index is 13.3. The van der Waals surface area contributed by atoms with Crippen molar-refractivity contribution in [3.63, 3.8) is 0 Å². The van der Waals surface area contributed by atoms with Gasteiger partial charge in [-0.05, 0) is 36.6 Å². The Balaban J connectivity index is 2.06. The van der Waals surface area contributed by atoms with Crippen LogP contribution in [0.2, 0.25) is 0 Å². The Hall–Kier alpha value is -1.44.